The Balaban J connectivity index is 1.54. The molecule has 0 radical (unpaired) electrons. The standard InChI is InChI=1S/C24H30F3N3O3/c25-24(26,27)21-8-6-20(7-9-21)23(19-4-2-1-3-5-19)30-12-10-29(11-13-30)14-15-32-16-17-33-18-22(28)31/h1-9,23H,10-18H2,(H2,28,31). The van der Waals surface area contributed by atoms with Gasteiger partial charge < -0.3 is 15.2 Å². The number of carbonyl (C=O) groups excluding carboxylic acids is 1. The van der Waals surface area contributed by atoms with E-state index >= 15 is 0 Å². The van der Waals surface area contributed by atoms with E-state index in [0.29, 0.717) is 19.8 Å². The normalized spacial score (nSPS) is 16.6. The molecule has 2 aromatic carbocycles. The fourth-order valence-corrected chi connectivity index (χ4v) is 3.94. The Morgan fingerprint density at radius 1 is 0.879 bits per heavy atom. The minimum atomic E-state index is -4.34. The smallest absolute Gasteiger partial charge is 0.378 e. The van der Waals surface area contributed by atoms with Crippen LogP contribution in [0.15, 0.2) is 54.6 Å². The van der Waals surface area contributed by atoms with Gasteiger partial charge in [-0.3, -0.25) is 14.6 Å². The number of benzene rings is 2. The van der Waals surface area contributed by atoms with E-state index in [-0.39, 0.29) is 12.6 Å². The number of piperazine rings is 1. The van der Waals surface area contributed by atoms with Crippen molar-refractivity contribution in [2.75, 3.05) is 59.2 Å². The van der Waals surface area contributed by atoms with Crippen LogP contribution in [-0.2, 0) is 20.4 Å². The quantitative estimate of drug-likeness (QED) is 0.517. The molecule has 1 heterocycles. The first kappa shape index (κ1) is 25.2. The monoisotopic (exact) mass is 465 g/mol. The molecule has 1 fully saturated rings. The Hall–Kier alpha value is -2.46. The molecular weight excluding hydrogens is 435 g/mol. The molecule has 33 heavy (non-hydrogen) atoms. The van der Waals surface area contributed by atoms with Crippen molar-refractivity contribution in [1.29, 1.82) is 0 Å². The fraction of sp³-hybridized carbons (Fsp3) is 0.458. The van der Waals surface area contributed by atoms with E-state index in [2.05, 4.69) is 9.80 Å². The van der Waals surface area contributed by atoms with Gasteiger partial charge in [-0.15, -0.1) is 0 Å². The third-order valence-corrected chi connectivity index (χ3v) is 5.61. The van der Waals surface area contributed by atoms with Gasteiger partial charge >= 0.3 is 6.18 Å². The Morgan fingerprint density at radius 3 is 2.09 bits per heavy atom. The highest BCUT2D eigenvalue weighted by Gasteiger charge is 2.31. The number of hydrogen-bond donors (Lipinski definition) is 1. The first-order chi connectivity index (χ1) is 15.8. The molecule has 0 aromatic heterocycles. The SMILES string of the molecule is NC(=O)COCCOCCN1CCN(C(c2ccccc2)c2ccc(C(F)(F)F)cc2)CC1. The van der Waals surface area contributed by atoms with Gasteiger partial charge in [0.15, 0.2) is 0 Å². The number of primary amides is 1. The second-order valence-corrected chi connectivity index (χ2v) is 7.94. The summed E-state index contributed by atoms with van der Waals surface area (Å²) in [4.78, 5) is 15.2. The van der Waals surface area contributed by atoms with E-state index in [1.54, 1.807) is 12.1 Å². The molecule has 3 rings (SSSR count). The molecule has 2 aromatic rings. The number of alkyl halides is 3. The zero-order valence-corrected chi connectivity index (χ0v) is 18.5. The van der Waals surface area contributed by atoms with Gasteiger partial charge in [-0.1, -0.05) is 42.5 Å². The third-order valence-electron chi connectivity index (χ3n) is 5.61. The van der Waals surface area contributed by atoms with E-state index in [1.165, 1.54) is 0 Å². The topological polar surface area (TPSA) is 68.0 Å². The van der Waals surface area contributed by atoms with Crippen molar-refractivity contribution < 1.29 is 27.4 Å². The first-order valence-electron chi connectivity index (χ1n) is 11.0. The summed E-state index contributed by atoms with van der Waals surface area (Å²) in [5.41, 5.74) is 6.27. The predicted molar refractivity (Wildman–Crippen MR) is 119 cm³/mol. The number of ether oxygens (including phenoxy) is 2. The molecule has 1 unspecified atom stereocenters. The predicted octanol–water partition coefficient (Wildman–Crippen LogP) is 2.93. The van der Waals surface area contributed by atoms with Crippen molar-refractivity contribution in [2.24, 2.45) is 5.73 Å². The summed E-state index contributed by atoms with van der Waals surface area (Å²) in [5.74, 6) is -0.502. The highest BCUT2D eigenvalue weighted by molar-refractivity contribution is 5.74. The van der Waals surface area contributed by atoms with Crippen LogP contribution < -0.4 is 5.73 Å². The minimum absolute atomic E-state index is 0.103. The lowest BCUT2D eigenvalue weighted by Crippen LogP contribution is -2.48. The second kappa shape index (κ2) is 12.1. The van der Waals surface area contributed by atoms with Crippen LogP contribution in [0.4, 0.5) is 13.2 Å². The van der Waals surface area contributed by atoms with Crippen molar-refractivity contribution in [3.63, 3.8) is 0 Å². The largest absolute Gasteiger partial charge is 0.416 e. The summed E-state index contributed by atoms with van der Waals surface area (Å²) in [6, 6.07) is 15.3. The van der Waals surface area contributed by atoms with Crippen LogP contribution in [0, 0.1) is 0 Å². The number of hydrogen-bond acceptors (Lipinski definition) is 5. The number of nitrogens with zero attached hydrogens (tertiary/aromatic N) is 2. The maximum Gasteiger partial charge on any atom is 0.416 e. The van der Waals surface area contributed by atoms with Crippen molar-refractivity contribution in [2.45, 2.75) is 12.2 Å². The van der Waals surface area contributed by atoms with Crippen LogP contribution >= 0.6 is 0 Å². The highest BCUT2D eigenvalue weighted by Crippen LogP contribution is 2.33. The Kier molecular flexibility index (Phi) is 9.25. The maximum atomic E-state index is 13.0. The zero-order valence-electron chi connectivity index (χ0n) is 18.5. The van der Waals surface area contributed by atoms with E-state index in [4.69, 9.17) is 15.2 Å². The lowest BCUT2D eigenvalue weighted by atomic mass is 9.95. The molecule has 6 nitrogen and oxygen atoms in total. The van der Waals surface area contributed by atoms with Gasteiger partial charge in [-0.25, -0.2) is 0 Å². The fourth-order valence-electron chi connectivity index (χ4n) is 3.94. The van der Waals surface area contributed by atoms with Gasteiger partial charge in [0, 0.05) is 32.7 Å². The summed E-state index contributed by atoms with van der Waals surface area (Å²) in [7, 11) is 0. The minimum Gasteiger partial charge on any atom is -0.378 e. The van der Waals surface area contributed by atoms with Gasteiger partial charge in [0.05, 0.1) is 31.4 Å². The summed E-state index contributed by atoms with van der Waals surface area (Å²) in [6.45, 7) is 5.22. The molecular formula is C24H30F3N3O3. The molecule has 0 spiro atoms. The molecule has 2 N–H and O–H groups in total. The van der Waals surface area contributed by atoms with E-state index in [1.807, 2.05) is 30.3 Å². The van der Waals surface area contributed by atoms with Crippen molar-refractivity contribution in [3.05, 3.63) is 71.3 Å². The third kappa shape index (κ3) is 7.82. The first-order valence-corrected chi connectivity index (χ1v) is 11.0. The van der Waals surface area contributed by atoms with Crippen LogP contribution in [0.3, 0.4) is 0 Å². The van der Waals surface area contributed by atoms with Crippen LogP contribution in [-0.4, -0.2) is 74.9 Å². The molecule has 1 atom stereocenters. The molecule has 1 saturated heterocycles. The van der Waals surface area contributed by atoms with E-state index < -0.39 is 17.6 Å². The number of halogens is 3. The van der Waals surface area contributed by atoms with Gasteiger partial charge in [0.1, 0.15) is 6.61 Å². The maximum absolute atomic E-state index is 13.0. The lowest BCUT2D eigenvalue weighted by Gasteiger charge is -2.39. The van der Waals surface area contributed by atoms with E-state index in [0.717, 1.165) is 56.0 Å². The van der Waals surface area contributed by atoms with Gasteiger partial charge in [0.2, 0.25) is 5.91 Å². The van der Waals surface area contributed by atoms with Crippen LogP contribution in [0.25, 0.3) is 0 Å². The molecule has 9 heteroatoms. The van der Waals surface area contributed by atoms with Gasteiger partial charge in [-0.2, -0.15) is 13.2 Å². The van der Waals surface area contributed by atoms with Gasteiger partial charge in [-0.05, 0) is 23.3 Å². The van der Waals surface area contributed by atoms with E-state index in [9.17, 15) is 18.0 Å². The molecule has 0 saturated carbocycles. The summed E-state index contributed by atoms with van der Waals surface area (Å²) >= 11 is 0. The molecule has 180 valence electrons. The summed E-state index contributed by atoms with van der Waals surface area (Å²) < 4.78 is 49.6. The number of amides is 1. The lowest BCUT2D eigenvalue weighted by molar-refractivity contribution is -0.137. The molecule has 1 aliphatic heterocycles. The summed E-state index contributed by atoms with van der Waals surface area (Å²) in [5, 5.41) is 0. The average molecular weight is 466 g/mol. The number of rotatable bonds is 11. The highest BCUT2D eigenvalue weighted by atomic mass is 19.4. The summed E-state index contributed by atoms with van der Waals surface area (Å²) in [6.07, 6.45) is -4.34. The molecule has 1 aliphatic rings. The van der Waals surface area contributed by atoms with Crippen molar-refractivity contribution in [1.82, 2.24) is 9.80 Å². The number of carbonyl (C=O) groups is 1. The second-order valence-electron chi connectivity index (χ2n) is 7.94. The molecule has 0 aliphatic carbocycles. The van der Waals surface area contributed by atoms with Crippen LogP contribution in [0.5, 0.6) is 0 Å². The van der Waals surface area contributed by atoms with Crippen LogP contribution in [0.2, 0.25) is 0 Å². The molecule has 0 bridgehead atoms. The number of nitrogens with two attached hydrogens (primary N) is 1. The van der Waals surface area contributed by atoms with Crippen molar-refractivity contribution >= 4 is 5.91 Å². The zero-order chi connectivity index (χ0) is 23.7. The molecule has 1 amide bonds. The Labute approximate surface area is 192 Å². The average Bonchev–Trinajstić information content (AvgIpc) is 2.80. The van der Waals surface area contributed by atoms with Crippen LogP contribution in [0.1, 0.15) is 22.7 Å². The Bertz CT molecular complexity index is 855. The van der Waals surface area contributed by atoms with Gasteiger partial charge in [0.25, 0.3) is 0 Å². The Morgan fingerprint density at radius 2 is 1.48 bits per heavy atom. The van der Waals surface area contributed by atoms with Crippen molar-refractivity contribution in [3.8, 4) is 0 Å².